The van der Waals surface area contributed by atoms with E-state index in [2.05, 4.69) is 36.3 Å². The molecule has 0 atom stereocenters. The molecular formula is C22H21BrN6O2. The molecular weight excluding hydrogens is 460 g/mol. The number of aromatic nitrogens is 4. The van der Waals surface area contributed by atoms with Crippen LogP contribution in [0.3, 0.4) is 0 Å². The Morgan fingerprint density at radius 2 is 2.06 bits per heavy atom. The maximum absolute atomic E-state index is 12.4. The molecule has 0 radical (unpaired) electrons. The van der Waals surface area contributed by atoms with Crippen LogP contribution in [-0.2, 0) is 0 Å². The molecule has 0 saturated heterocycles. The van der Waals surface area contributed by atoms with Crippen molar-refractivity contribution in [2.75, 3.05) is 25.5 Å². The van der Waals surface area contributed by atoms with Crippen LogP contribution >= 0.6 is 15.9 Å². The summed E-state index contributed by atoms with van der Waals surface area (Å²) in [5.74, 6) is 0.851. The van der Waals surface area contributed by atoms with Gasteiger partial charge in [0.15, 0.2) is 5.65 Å². The first-order chi connectivity index (χ1) is 15.0. The monoisotopic (exact) mass is 480 g/mol. The van der Waals surface area contributed by atoms with Crippen LogP contribution < -0.4 is 5.32 Å². The van der Waals surface area contributed by atoms with Gasteiger partial charge in [0.05, 0.1) is 21.9 Å². The Kier molecular flexibility index (Phi) is 6.13. The van der Waals surface area contributed by atoms with E-state index in [0.717, 1.165) is 16.7 Å². The van der Waals surface area contributed by atoms with Gasteiger partial charge in [-0.2, -0.15) is 9.61 Å². The fraction of sp³-hybridized carbons (Fsp3) is 0.182. The number of carbonyl (C=O) groups is 1. The van der Waals surface area contributed by atoms with Crippen LogP contribution in [0.1, 0.15) is 16.8 Å². The number of amides is 1. The van der Waals surface area contributed by atoms with Crippen LogP contribution in [0.15, 0.2) is 65.5 Å². The fourth-order valence-corrected chi connectivity index (χ4v) is 3.58. The van der Waals surface area contributed by atoms with E-state index in [1.54, 1.807) is 59.3 Å². The maximum atomic E-state index is 12.4. The first-order valence-corrected chi connectivity index (χ1v) is 10.6. The van der Waals surface area contributed by atoms with Crippen molar-refractivity contribution in [1.29, 1.82) is 0 Å². The molecule has 1 aromatic carbocycles. The minimum Gasteiger partial charge on any atom is -0.507 e. The molecule has 9 heteroatoms. The second-order valence-corrected chi connectivity index (χ2v) is 7.87. The SMILES string of the molecule is CN(CCCNc1cc(-c2ccccc2O)nc2c(Br)cnn12)C(=O)c1cccnc1. The Morgan fingerprint density at radius 1 is 1.23 bits per heavy atom. The van der Waals surface area contributed by atoms with Crippen LogP contribution in [0.2, 0.25) is 0 Å². The standard InChI is InChI=1S/C22H21BrN6O2/c1-28(22(31)15-6-4-9-24-13-15)11-5-10-25-20-12-18(16-7-2-3-8-19(16)30)27-21-17(23)14-26-29(20)21/h2-4,6-9,12-14,25,30H,5,10-11H2,1H3. The summed E-state index contributed by atoms with van der Waals surface area (Å²) < 4.78 is 2.47. The molecule has 31 heavy (non-hydrogen) atoms. The Bertz CT molecular complexity index is 1210. The summed E-state index contributed by atoms with van der Waals surface area (Å²) in [5.41, 5.74) is 2.50. The first kappa shape index (κ1) is 20.8. The largest absolute Gasteiger partial charge is 0.507 e. The normalized spacial score (nSPS) is 10.9. The van der Waals surface area contributed by atoms with Gasteiger partial charge >= 0.3 is 0 Å². The quantitative estimate of drug-likeness (QED) is 0.390. The van der Waals surface area contributed by atoms with Gasteiger partial charge in [0.2, 0.25) is 0 Å². The van der Waals surface area contributed by atoms with Crippen molar-refractivity contribution in [2.24, 2.45) is 0 Å². The molecule has 0 aliphatic carbocycles. The molecule has 158 valence electrons. The molecule has 0 unspecified atom stereocenters. The second kappa shape index (κ2) is 9.13. The summed E-state index contributed by atoms with van der Waals surface area (Å²) in [6.45, 7) is 1.21. The van der Waals surface area contributed by atoms with Crippen molar-refractivity contribution in [3.63, 3.8) is 0 Å². The molecule has 3 heterocycles. The van der Waals surface area contributed by atoms with E-state index < -0.39 is 0 Å². The van der Waals surface area contributed by atoms with E-state index in [4.69, 9.17) is 0 Å². The highest BCUT2D eigenvalue weighted by molar-refractivity contribution is 9.10. The number of carbonyl (C=O) groups excluding carboxylic acids is 1. The predicted octanol–water partition coefficient (Wildman–Crippen LogP) is 3.83. The van der Waals surface area contributed by atoms with Gasteiger partial charge in [0, 0.05) is 44.2 Å². The third-order valence-corrected chi connectivity index (χ3v) is 5.40. The molecule has 2 N–H and O–H groups in total. The molecule has 0 fully saturated rings. The zero-order chi connectivity index (χ0) is 21.8. The Balaban J connectivity index is 1.47. The number of hydrogen-bond acceptors (Lipinski definition) is 6. The molecule has 1 amide bonds. The van der Waals surface area contributed by atoms with E-state index in [9.17, 15) is 9.90 Å². The number of hydrogen-bond donors (Lipinski definition) is 2. The van der Waals surface area contributed by atoms with Gasteiger partial charge in [-0.05, 0) is 46.6 Å². The van der Waals surface area contributed by atoms with Crippen LogP contribution in [0.25, 0.3) is 16.9 Å². The van der Waals surface area contributed by atoms with Gasteiger partial charge in [0.1, 0.15) is 11.6 Å². The summed E-state index contributed by atoms with van der Waals surface area (Å²) in [6, 6.07) is 12.4. The number of fused-ring (bicyclic) bond motifs is 1. The van der Waals surface area contributed by atoms with Gasteiger partial charge in [-0.1, -0.05) is 12.1 Å². The summed E-state index contributed by atoms with van der Waals surface area (Å²) in [4.78, 5) is 22.7. The summed E-state index contributed by atoms with van der Waals surface area (Å²) in [6.07, 6.45) is 5.64. The Morgan fingerprint density at radius 3 is 2.84 bits per heavy atom. The van der Waals surface area contributed by atoms with Crippen molar-refractivity contribution in [2.45, 2.75) is 6.42 Å². The number of nitrogens with one attached hydrogen (secondary N) is 1. The van der Waals surface area contributed by atoms with Crippen molar-refractivity contribution < 1.29 is 9.90 Å². The molecule has 3 aromatic heterocycles. The zero-order valence-electron chi connectivity index (χ0n) is 16.9. The van der Waals surface area contributed by atoms with Gasteiger partial charge < -0.3 is 15.3 Å². The van der Waals surface area contributed by atoms with Crippen LogP contribution in [0.5, 0.6) is 5.75 Å². The number of para-hydroxylation sites is 1. The lowest BCUT2D eigenvalue weighted by atomic mass is 10.1. The number of phenols is 1. The minimum absolute atomic E-state index is 0.0581. The highest BCUT2D eigenvalue weighted by Crippen LogP contribution is 2.31. The highest BCUT2D eigenvalue weighted by atomic mass is 79.9. The smallest absolute Gasteiger partial charge is 0.255 e. The van der Waals surface area contributed by atoms with Gasteiger partial charge in [-0.15, -0.1) is 0 Å². The lowest BCUT2D eigenvalue weighted by molar-refractivity contribution is 0.0794. The number of benzene rings is 1. The number of rotatable bonds is 7. The molecule has 0 saturated carbocycles. The lowest BCUT2D eigenvalue weighted by Crippen LogP contribution is -2.29. The number of pyridine rings is 1. The number of anilines is 1. The topological polar surface area (TPSA) is 95.6 Å². The minimum atomic E-state index is -0.0581. The van der Waals surface area contributed by atoms with Crippen LogP contribution in [0.4, 0.5) is 5.82 Å². The Labute approximate surface area is 187 Å². The van der Waals surface area contributed by atoms with Crippen molar-refractivity contribution in [3.8, 4) is 17.0 Å². The van der Waals surface area contributed by atoms with Crippen LogP contribution in [0, 0.1) is 0 Å². The molecule has 0 aliphatic heterocycles. The Hall–Kier alpha value is -3.46. The fourth-order valence-electron chi connectivity index (χ4n) is 3.23. The van der Waals surface area contributed by atoms with Crippen molar-refractivity contribution in [3.05, 3.63) is 71.1 Å². The number of aromatic hydroxyl groups is 1. The zero-order valence-corrected chi connectivity index (χ0v) is 18.5. The van der Waals surface area contributed by atoms with Gasteiger partial charge in [0.25, 0.3) is 5.91 Å². The molecule has 0 bridgehead atoms. The number of phenolic OH excluding ortho intramolecular Hbond substituents is 1. The average Bonchev–Trinajstić information content (AvgIpc) is 3.17. The molecule has 0 spiro atoms. The molecule has 4 aromatic rings. The van der Waals surface area contributed by atoms with Crippen molar-refractivity contribution in [1.82, 2.24) is 24.5 Å². The summed E-state index contributed by atoms with van der Waals surface area (Å²) >= 11 is 3.48. The van der Waals surface area contributed by atoms with Gasteiger partial charge in [-0.3, -0.25) is 9.78 Å². The highest BCUT2D eigenvalue weighted by Gasteiger charge is 2.14. The summed E-state index contributed by atoms with van der Waals surface area (Å²) in [5, 5.41) is 18.0. The number of nitrogens with zero attached hydrogens (tertiary/aromatic N) is 5. The predicted molar refractivity (Wildman–Crippen MR) is 122 cm³/mol. The lowest BCUT2D eigenvalue weighted by Gasteiger charge is -2.17. The summed E-state index contributed by atoms with van der Waals surface area (Å²) in [7, 11) is 1.78. The van der Waals surface area contributed by atoms with E-state index in [-0.39, 0.29) is 11.7 Å². The average molecular weight is 481 g/mol. The van der Waals surface area contributed by atoms with E-state index >= 15 is 0 Å². The third kappa shape index (κ3) is 4.51. The maximum Gasteiger partial charge on any atom is 0.255 e. The van der Waals surface area contributed by atoms with Gasteiger partial charge in [-0.25, -0.2) is 4.98 Å². The molecule has 4 rings (SSSR count). The first-order valence-electron chi connectivity index (χ1n) is 9.76. The van der Waals surface area contributed by atoms with E-state index in [0.29, 0.717) is 35.6 Å². The molecule has 8 nitrogen and oxygen atoms in total. The third-order valence-electron chi connectivity index (χ3n) is 4.84. The second-order valence-electron chi connectivity index (χ2n) is 7.02. The number of halogens is 1. The molecule has 0 aliphatic rings. The van der Waals surface area contributed by atoms with E-state index in [1.165, 1.54) is 0 Å². The van der Waals surface area contributed by atoms with Crippen LogP contribution in [-0.4, -0.2) is 55.6 Å². The van der Waals surface area contributed by atoms with E-state index in [1.807, 2.05) is 18.2 Å². The van der Waals surface area contributed by atoms with Crippen molar-refractivity contribution >= 4 is 33.3 Å².